The van der Waals surface area contributed by atoms with Gasteiger partial charge < -0.3 is 10.2 Å². The fraction of sp³-hybridized carbons (Fsp3) is 0.533. The van der Waals surface area contributed by atoms with Gasteiger partial charge in [-0.15, -0.1) is 0 Å². The van der Waals surface area contributed by atoms with E-state index in [1.165, 1.54) is 6.07 Å². The summed E-state index contributed by atoms with van der Waals surface area (Å²) in [4.78, 5) is 14.2. The maximum Gasteiger partial charge on any atom is 0.228 e. The van der Waals surface area contributed by atoms with Crippen molar-refractivity contribution in [2.24, 2.45) is 5.41 Å². The average Bonchev–Trinajstić information content (AvgIpc) is 2.43. The van der Waals surface area contributed by atoms with Crippen LogP contribution in [0.2, 0.25) is 5.02 Å². The molecular weight excluding hydrogens is 279 g/mol. The van der Waals surface area contributed by atoms with E-state index >= 15 is 0 Å². The lowest BCUT2D eigenvalue weighted by Gasteiger charge is -2.36. The van der Waals surface area contributed by atoms with Gasteiger partial charge in [-0.25, -0.2) is 4.39 Å². The van der Waals surface area contributed by atoms with Gasteiger partial charge in [0.25, 0.3) is 0 Å². The first-order valence-corrected chi connectivity index (χ1v) is 7.21. The third-order valence-electron chi connectivity index (χ3n) is 4.03. The highest BCUT2D eigenvalue weighted by molar-refractivity contribution is 6.31. The lowest BCUT2D eigenvalue weighted by Crippen LogP contribution is -2.46. The number of rotatable bonds is 3. The highest BCUT2D eigenvalue weighted by atomic mass is 35.5. The Labute approximate surface area is 124 Å². The van der Waals surface area contributed by atoms with Crippen molar-refractivity contribution in [2.75, 3.05) is 20.1 Å². The standard InChI is InChI=1S/C15H20ClFN2O/c1-15(6-8-18-9-7-15)14(20)19(2)10-11-12(16)4-3-5-13(11)17/h3-5,18H,6-10H2,1-2H3. The van der Waals surface area contributed by atoms with Gasteiger partial charge in [0.15, 0.2) is 0 Å². The molecule has 1 fully saturated rings. The molecular formula is C15H20ClFN2O. The van der Waals surface area contributed by atoms with Gasteiger partial charge >= 0.3 is 0 Å². The highest BCUT2D eigenvalue weighted by Gasteiger charge is 2.36. The van der Waals surface area contributed by atoms with Gasteiger partial charge in [-0.1, -0.05) is 24.6 Å². The summed E-state index contributed by atoms with van der Waals surface area (Å²) < 4.78 is 13.8. The van der Waals surface area contributed by atoms with E-state index in [0.717, 1.165) is 25.9 Å². The molecule has 0 radical (unpaired) electrons. The van der Waals surface area contributed by atoms with Crippen molar-refractivity contribution in [2.45, 2.75) is 26.3 Å². The first-order valence-electron chi connectivity index (χ1n) is 6.83. The number of amides is 1. The monoisotopic (exact) mass is 298 g/mol. The summed E-state index contributed by atoms with van der Waals surface area (Å²) in [5.41, 5.74) is 0.0140. The molecule has 2 rings (SSSR count). The Morgan fingerprint density at radius 2 is 2.10 bits per heavy atom. The molecule has 0 unspecified atom stereocenters. The van der Waals surface area contributed by atoms with E-state index in [2.05, 4.69) is 5.32 Å². The number of hydrogen-bond acceptors (Lipinski definition) is 2. The van der Waals surface area contributed by atoms with Crippen LogP contribution in [0.1, 0.15) is 25.3 Å². The zero-order valence-corrected chi connectivity index (χ0v) is 12.6. The topological polar surface area (TPSA) is 32.3 Å². The molecule has 1 aliphatic rings. The van der Waals surface area contributed by atoms with E-state index in [1.54, 1.807) is 24.1 Å². The smallest absolute Gasteiger partial charge is 0.228 e. The molecule has 0 bridgehead atoms. The summed E-state index contributed by atoms with van der Waals surface area (Å²) in [6.45, 7) is 3.87. The highest BCUT2D eigenvalue weighted by Crippen LogP contribution is 2.31. The third-order valence-corrected chi connectivity index (χ3v) is 4.38. The van der Waals surface area contributed by atoms with Gasteiger partial charge in [0.2, 0.25) is 5.91 Å². The molecule has 1 N–H and O–H groups in total. The van der Waals surface area contributed by atoms with Crippen LogP contribution in [0.5, 0.6) is 0 Å². The van der Waals surface area contributed by atoms with E-state index in [0.29, 0.717) is 10.6 Å². The van der Waals surface area contributed by atoms with Crippen LogP contribution in [0.25, 0.3) is 0 Å². The quantitative estimate of drug-likeness (QED) is 0.930. The molecule has 110 valence electrons. The van der Waals surface area contributed by atoms with Crippen molar-refractivity contribution in [1.82, 2.24) is 10.2 Å². The van der Waals surface area contributed by atoms with E-state index in [1.807, 2.05) is 6.92 Å². The molecule has 1 heterocycles. The lowest BCUT2D eigenvalue weighted by atomic mass is 9.79. The van der Waals surface area contributed by atoms with Crippen LogP contribution in [-0.2, 0) is 11.3 Å². The average molecular weight is 299 g/mol. The molecule has 0 saturated carbocycles. The number of carbonyl (C=O) groups excluding carboxylic acids is 1. The molecule has 1 saturated heterocycles. The van der Waals surface area contributed by atoms with Crippen molar-refractivity contribution in [3.05, 3.63) is 34.6 Å². The van der Waals surface area contributed by atoms with Gasteiger partial charge in [0, 0.05) is 29.6 Å². The normalized spacial score (nSPS) is 17.8. The first-order chi connectivity index (χ1) is 9.44. The molecule has 1 aromatic rings. The molecule has 20 heavy (non-hydrogen) atoms. The number of nitrogens with zero attached hydrogens (tertiary/aromatic N) is 1. The lowest BCUT2D eigenvalue weighted by molar-refractivity contribution is -0.141. The van der Waals surface area contributed by atoms with E-state index in [9.17, 15) is 9.18 Å². The van der Waals surface area contributed by atoms with Crippen LogP contribution in [0.4, 0.5) is 4.39 Å². The van der Waals surface area contributed by atoms with Crippen LogP contribution >= 0.6 is 11.6 Å². The minimum Gasteiger partial charge on any atom is -0.341 e. The number of piperidine rings is 1. The van der Waals surface area contributed by atoms with E-state index in [4.69, 9.17) is 11.6 Å². The predicted octanol–water partition coefficient (Wildman–Crippen LogP) is 2.83. The van der Waals surface area contributed by atoms with Crippen LogP contribution < -0.4 is 5.32 Å². The zero-order valence-electron chi connectivity index (χ0n) is 11.9. The summed E-state index contributed by atoms with van der Waals surface area (Å²) in [7, 11) is 1.71. The summed E-state index contributed by atoms with van der Waals surface area (Å²) in [6.07, 6.45) is 1.61. The van der Waals surface area contributed by atoms with Crippen molar-refractivity contribution >= 4 is 17.5 Å². The molecule has 1 aliphatic heterocycles. The Kier molecular flexibility index (Phi) is 4.66. The van der Waals surface area contributed by atoms with E-state index < -0.39 is 0 Å². The molecule has 0 aliphatic carbocycles. The second-order valence-corrected chi connectivity index (χ2v) is 6.08. The fourth-order valence-electron chi connectivity index (χ4n) is 2.65. The van der Waals surface area contributed by atoms with Crippen molar-refractivity contribution in [1.29, 1.82) is 0 Å². The number of benzene rings is 1. The molecule has 0 atom stereocenters. The maximum atomic E-state index is 13.8. The Hall–Kier alpha value is -1.13. The number of nitrogens with one attached hydrogen (secondary N) is 1. The van der Waals surface area contributed by atoms with Crippen LogP contribution in [0.15, 0.2) is 18.2 Å². The van der Waals surface area contributed by atoms with Gasteiger partial charge in [0.05, 0.1) is 0 Å². The largest absolute Gasteiger partial charge is 0.341 e. The van der Waals surface area contributed by atoms with Gasteiger partial charge in [-0.3, -0.25) is 4.79 Å². The van der Waals surface area contributed by atoms with Crippen LogP contribution in [0, 0.1) is 11.2 Å². The zero-order chi connectivity index (χ0) is 14.8. The Morgan fingerprint density at radius 3 is 2.70 bits per heavy atom. The van der Waals surface area contributed by atoms with Crippen LogP contribution in [-0.4, -0.2) is 30.9 Å². The Bertz CT molecular complexity index is 480. The second kappa shape index (κ2) is 6.10. The minimum absolute atomic E-state index is 0.0540. The van der Waals surface area contributed by atoms with Gasteiger partial charge in [-0.05, 0) is 38.1 Å². The summed E-state index contributed by atoms with van der Waals surface area (Å²) >= 11 is 6.01. The number of carbonyl (C=O) groups is 1. The molecule has 0 aromatic heterocycles. The first kappa shape index (κ1) is 15.3. The Balaban J connectivity index is 2.11. The molecule has 1 aromatic carbocycles. The van der Waals surface area contributed by atoms with Crippen molar-refractivity contribution in [3.63, 3.8) is 0 Å². The molecule has 3 nitrogen and oxygen atoms in total. The molecule has 1 amide bonds. The minimum atomic E-state index is -0.368. The third kappa shape index (κ3) is 3.13. The fourth-order valence-corrected chi connectivity index (χ4v) is 2.87. The number of halogens is 2. The number of hydrogen-bond donors (Lipinski definition) is 1. The second-order valence-electron chi connectivity index (χ2n) is 5.67. The molecule has 5 heteroatoms. The maximum absolute atomic E-state index is 13.8. The van der Waals surface area contributed by atoms with Crippen molar-refractivity contribution < 1.29 is 9.18 Å². The summed E-state index contributed by atoms with van der Waals surface area (Å²) in [5.74, 6) is -0.314. The summed E-state index contributed by atoms with van der Waals surface area (Å²) in [6, 6.07) is 4.58. The van der Waals surface area contributed by atoms with Crippen LogP contribution in [0.3, 0.4) is 0 Å². The SMILES string of the molecule is CN(Cc1c(F)cccc1Cl)C(=O)C1(C)CCNCC1. The Morgan fingerprint density at radius 1 is 1.45 bits per heavy atom. The molecule has 0 spiro atoms. The van der Waals surface area contributed by atoms with Crippen molar-refractivity contribution in [3.8, 4) is 0 Å². The van der Waals surface area contributed by atoms with Gasteiger partial charge in [0.1, 0.15) is 5.82 Å². The predicted molar refractivity (Wildman–Crippen MR) is 78.1 cm³/mol. The van der Waals surface area contributed by atoms with E-state index in [-0.39, 0.29) is 23.7 Å². The van der Waals surface area contributed by atoms with Gasteiger partial charge in [-0.2, -0.15) is 0 Å². The summed E-state index contributed by atoms with van der Waals surface area (Å²) in [5, 5.41) is 3.61.